The van der Waals surface area contributed by atoms with Crippen molar-refractivity contribution in [1.82, 2.24) is 10.2 Å². The number of carbonyl (C=O) groups is 3. The van der Waals surface area contributed by atoms with E-state index in [4.69, 9.17) is 4.74 Å². The molecule has 7 heteroatoms. The number of hydrogen-bond acceptors (Lipinski definition) is 5. The molecule has 1 aromatic rings. The molecule has 7 nitrogen and oxygen atoms in total. The van der Waals surface area contributed by atoms with Crippen molar-refractivity contribution in [3.8, 4) is 0 Å². The summed E-state index contributed by atoms with van der Waals surface area (Å²) >= 11 is 0. The summed E-state index contributed by atoms with van der Waals surface area (Å²) in [4.78, 5) is 40.7. The number of para-hydroxylation sites is 1. The molecule has 4 fully saturated rings. The molecule has 3 aliphatic carbocycles. The number of fused-ring (bicyclic) bond motifs is 3. The number of benzene rings is 1. The Hall–Kier alpha value is -2.57. The topological polar surface area (TPSA) is 87.7 Å². The molecule has 2 N–H and O–H groups in total. The van der Waals surface area contributed by atoms with Crippen molar-refractivity contribution in [2.24, 2.45) is 23.2 Å². The first-order valence-corrected chi connectivity index (χ1v) is 12.0. The third-order valence-electron chi connectivity index (χ3n) is 8.32. The lowest BCUT2D eigenvalue weighted by atomic mass is 9.51. The van der Waals surface area contributed by atoms with E-state index in [0.717, 1.165) is 44.2 Å². The van der Waals surface area contributed by atoms with Crippen LogP contribution in [0.25, 0.3) is 0 Å². The number of amides is 2. The minimum absolute atomic E-state index is 0.0355. The minimum Gasteiger partial charge on any atom is -0.466 e. The van der Waals surface area contributed by atoms with Gasteiger partial charge in [-0.25, -0.2) is 0 Å². The highest BCUT2D eigenvalue weighted by Gasteiger charge is 2.60. The van der Waals surface area contributed by atoms with E-state index >= 15 is 0 Å². The number of likely N-dealkylation sites (tertiary alicyclic amines) is 1. The summed E-state index contributed by atoms with van der Waals surface area (Å²) in [7, 11) is 0. The van der Waals surface area contributed by atoms with Gasteiger partial charge in [-0.05, 0) is 63.0 Å². The van der Waals surface area contributed by atoms with Crippen LogP contribution in [0.1, 0.15) is 62.7 Å². The van der Waals surface area contributed by atoms with E-state index in [1.165, 1.54) is 0 Å². The van der Waals surface area contributed by atoms with Crippen LogP contribution < -0.4 is 10.6 Å². The second kappa shape index (κ2) is 7.78. The number of rotatable bonds is 3. The number of piperidine rings is 1. The quantitative estimate of drug-likeness (QED) is 0.707. The number of carbonyl (C=O) groups excluding carboxylic acids is 3. The van der Waals surface area contributed by atoms with E-state index in [1.54, 1.807) is 0 Å². The summed E-state index contributed by atoms with van der Waals surface area (Å²) in [5.74, 6) is -0.156. The molecule has 1 spiro atoms. The van der Waals surface area contributed by atoms with Crippen LogP contribution in [0.2, 0.25) is 0 Å². The predicted molar refractivity (Wildman–Crippen MR) is 120 cm³/mol. The molecular formula is C25H33N3O4. The Morgan fingerprint density at radius 1 is 1.22 bits per heavy atom. The van der Waals surface area contributed by atoms with E-state index < -0.39 is 5.66 Å². The monoisotopic (exact) mass is 439 g/mol. The highest BCUT2D eigenvalue weighted by molar-refractivity contribution is 6.02. The summed E-state index contributed by atoms with van der Waals surface area (Å²) in [6.07, 6.45) is 5.07. The Morgan fingerprint density at radius 3 is 2.81 bits per heavy atom. The van der Waals surface area contributed by atoms with E-state index in [9.17, 15) is 14.4 Å². The van der Waals surface area contributed by atoms with E-state index in [-0.39, 0.29) is 41.0 Å². The minimum atomic E-state index is -0.495. The SMILES string of the molecule is CCOC(=O)C1CCCN(C(=O)C2CC3CCC2(C)C[C@]32NC(=O)c3ccccc3N2)C1. The molecule has 2 heterocycles. The lowest BCUT2D eigenvalue weighted by Gasteiger charge is -2.61. The first-order valence-electron chi connectivity index (χ1n) is 12.0. The van der Waals surface area contributed by atoms with Gasteiger partial charge in [0.25, 0.3) is 5.91 Å². The van der Waals surface area contributed by atoms with Crippen molar-refractivity contribution in [2.45, 2.75) is 58.0 Å². The standard InChI is InChI=1S/C25H33N3O4/c1-3-32-23(31)16-7-6-12-28(14-16)22(30)19-13-17-10-11-24(19,2)15-25(17)26-20-9-5-4-8-18(20)21(29)27-25/h4-5,8-9,16-17,19,26H,3,6-7,10-15H2,1-2H3,(H,27,29)/t16?,17?,19?,24?,25-/m0/s1. The maximum absolute atomic E-state index is 13.7. The number of anilines is 1. The van der Waals surface area contributed by atoms with Crippen molar-refractivity contribution >= 4 is 23.5 Å². The second-order valence-electron chi connectivity index (χ2n) is 10.3. The van der Waals surface area contributed by atoms with Gasteiger partial charge in [-0.3, -0.25) is 14.4 Å². The van der Waals surface area contributed by atoms with Gasteiger partial charge in [-0.2, -0.15) is 0 Å². The fourth-order valence-electron chi connectivity index (χ4n) is 6.68. The molecule has 0 aromatic heterocycles. The maximum Gasteiger partial charge on any atom is 0.310 e. The fourth-order valence-corrected chi connectivity index (χ4v) is 6.68. The molecule has 3 saturated carbocycles. The first-order chi connectivity index (χ1) is 15.3. The third kappa shape index (κ3) is 3.37. The van der Waals surface area contributed by atoms with Gasteiger partial charge in [-0.15, -0.1) is 0 Å². The number of ether oxygens (including phenoxy) is 1. The van der Waals surface area contributed by atoms with Crippen molar-refractivity contribution < 1.29 is 19.1 Å². The predicted octanol–water partition coefficient (Wildman–Crippen LogP) is 3.17. The van der Waals surface area contributed by atoms with Crippen molar-refractivity contribution in [3.05, 3.63) is 29.8 Å². The van der Waals surface area contributed by atoms with Crippen LogP contribution in [0.5, 0.6) is 0 Å². The Balaban J connectivity index is 1.34. The zero-order chi connectivity index (χ0) is 22.5. The van der Waals surface area contributed by atoms with E-state index in [1.807, 2.05) is 36.1 Å². The zero-order valence-electron chi connectivity index (χ0n) is 19.0. The van der Waals surface area contributed by atoms with Gasteiger partial charge >= 0.3 is 5.97 Å². The van der Waals surface area contributed by atoms with Crippen LogP contribution in [0, 0.1) is 23.2 Å². The lowest BCUT2D eigenvalue weighted by molar-refractivity contribution is -0.157. The molecule has 5 aliphatic rings. The van der Waals surface area contributed by atoms with Crippen LogP contribution >= 0.6 is 0 Å². The van der Waals surface area contributed by atoms with Gasteiger partial charge < -0.3 is 20.3 Å². The number of nitrogens with one attached hydrogen (secondary N) is 2. The molecule has 5 atom stereocenters. The Bertz CT molecular complexity index is 949. The van der Waals surface area contributed by atoms with Gasteiger partial charge in [0.2, 0.25) is 5.91 Å². The molecule has 6 rings (SSSR count). The number of hydrogen-bond donors (Lipinski definition) is 2. The summed E-state index contributed by atoms with van der Waals surface area (Å²) < 4.78 is 5.21. The van der Waals surface area contributed by atoms with Crippen LogP contribution in [-0.4, -0.2) is 48.0 Å². The normalized spacial score (nSPS) is 35.6. The summed E-state index contributed by atoms with van der Waals surface area (Å²) in [6, 6.07) is 7.63. The molecule has 2 aliphatic heterocycles. The van der Waals surface area contributed by atoms with E-state index in [2.05, 4.69) is 17.6 Å². The van der Waals surface area contributed by atoms with Gasteiger partial charge in [0.15, 0.2) is 0 Å². The highest BCUT2D eigenvalue weighted by Crippen LogP contribution is 2.59. The molecule has 172 valence electrons. The second-order valence-corrected chi connectivity index (χ2v) is 10.3. The van der Waals surface area contributed by atoms with Gasteiger partial charge in [-0.1, -0.05) is 19.1 Å². The van der Waals surface area contributed by atoms with Crippen LogP contribution in [0.3, 0.4) is 0 Å². The Kier molecular flexibility index (Phi) is 5.18. The highest BCUT2D eigenvalue weighted by atomic mass is 16.5. The van der Waals surface area contributed by atoms with Crippen LogP contribution in [0.15, 0.2) is 24.3 Å². The average Bonchev–Trinajstić information content (AvgIpc) is 2.78. The van der Waals surface area contributed by atoms with Gasteiger partial charge in [0.05, 0.1) is 18.1 Å². The van der Waals surface area contributed by atoms with Crippen molar-refractivity contribution in [3.63, 3.8) is 0 Å². The Morgan fingerprint density at radius 2 is 2.03 bits per heavy atom. The molecular weight excluding hydrogens is 406 g/mol. The molecule has 2 bridgehead atoms. The lowest BCUT2D eigenvalue weighted by Crippen LogP contribution is -2.70. The molecule has 32 heavy (non-hydrogen) atoms. The average molecular weight is 440 g/mol. The molecule has 1 aromatic carbocycles. The van der Waals surface area contributed by atoms with Crippen LogP contribution in [0.4, 0.5) is 5.69 Å². The molecule has 1 saturated heterocycles. The smallest absolute Gasteiger partial charge is 0.310 e. The summed E-state index contributed by atoms with van der Waals surface area (Å²) in [5, 5.41) is 6.94. The largest absolute Gasteiger partial charge is 0.466 e. The number of nitrogens with zero attached hydrogens (tertiary/aromatic N) is 1. The summed E-state index contributed by atoms with van der Waals surface area (Å²) in [6.45, 7) is 5.56. The Labute approximate surface area is 189 Å². The third-order valence-corrected chi connectivity index (χ3v) is 8.32. The van der Waals surface area contributed by atoms with Crippen molar-refractivity contribution in [1.29, 1.82) is 0 Å². The molecule has 4 unspecified atom stereocenters. The summed E-state index contributed by atoms with van der Waals surface area (Å²) in [5.41, 5.74) is 0.860. The molecule has 0 radical (unpaired) electrons. The van der Waals surface area contributed by atoms with Crippen molar-refractivity contribution in [2.75, 3.05) is 25.0 Å². The molecule has 2 amide bonds. The van der Waals surface area contributed by atoms with Crippen LogP contribution in [-0.2, 0) is 14.3 Å². The first kappa shape index (κ1) is 21.3. The van der Waals surface area contributed by atoms with Gasteiger partial charge in [0.1, 0.15) is 5.66 Å². The van der Waals surface area contributed by atoms with E-state index in [0.29, 0.717) is 25.3 Å². The number of esters is 1. The van der Waals surface area contributed by atoms with Gasteiger partial charge in [0, 0.05) is 30.6 Å². The maximum atomic E-state index is 13.7. The fraction of sp³-hybridized carbons (Fsp3) is 0.640. The zero-order valence-corrected chi connectivity index (χ0v) is 19.0.